The summed E-state index contributed by atoms with van der Waals surface area (Å²) < 4.78 is 0. The molecule has 2 aliphatic rings. The molecule has 0 aliphatic carbocycles. The molecule has 4 rings (SSSR count). The van der Waals surface area contributed by atoms with Crippen LogP contribution >= 0.6 is 0 Å². The zero-order valence-corrected chi connectivity index (χ0v) is 15.5. The molecule has 3 heterocycles. The highest BCUT2D eigenvalue weighted by atomic mass is 16.2. The van der Waals surface area contributed by atoms with Crippen molar-refractivity contribution in [2.75, 3.05) is 18.0 Å². The Bertz CT molecular complexity index is 777. The number of amides is 1. The van der Waals surface area contributed by atoms with Crippen LogP contribution in [-0.4, -0.2) is 45.9 Å². The second kappa shape index (κ2) is 7.06. The van der Waals surface area contributed by atoms with E-state index in [-0.39, 0.29) is 5.91 Å². The molecular weight excluding hydrogens is 324 g/mol. The number of hydrogen-bond donors (Lipinski definition) is 0. The molecule has 0 unspecified atom stereocenters. The first-order valence-electron chi connectivity index (χ1n) is 9.54. The fourth-order valence-electron chi connectivity index (χ4n) is 4.55. The Morgan fingerprint density at radius 1 is 1.23 bits per heavy atom. The summed E-state index contributed by atoms with van der Waals surface area (Å²) in [5.41, 5.74) is 3.78. The minimum Gasteiger partial charge on any atom is -0.365 e. The van der Waals surface area contributed by atoms with Crippen LogP contribution in [0.3, 0.4) is 0 Å². The zero-order valence-electron chi connectivity index (χ0n) is 15.5. The van der Waals surface area contributed by atoms with Crippen LogP contribution in [-0.2, 0) is 11.2 Å². The molecular formula is C21H26N4O. The summed E-state index contributed by atoms with van der Waals surface area (Å²) in [4.78, 5) is 25.4. The summed E-state index contributed by atoms with van der Waals surface area (Å²) in [5.74, 6) is 0.666. The van der Waals surface area contributed by atoms with Gasteiger partial charge in [0, 0.05) is 55.6 Å². The molecule has 2 aliphatic heterocycles. The van der Waals surface area contributed by atoms with Gasteiger partial charge in [0.25, 0.3) is 0 Å². The summed E-state index contributed by atoms with van der Waals surface area (Å²) in [6, 6.07) is 9.71. The van der Waals surface area contributed by atoms with Gasteiger partial charge in [0.05, 0.1) is 0 Å². The van der Waals surface area contributed by atoms with Crippen LogP contribution in [0.1, 0.15) is 43.7 Å². The first kappa shape index (κ1) is 17.0. The van der Waals surface area contributed by atoms with Gasteiger partial charge in [-0.1, -0.05) is 18.2 Å². The maximum Gasteiger partial charge on any atom is 0.222 e. The minimum absolute atomic E-state index is 0.243. The maximum atomic E-state index is 12.8. The average Bonchev–Trinajstić information content (AvgIpc) is 3.01. The van der Waals surface area contributed by atoms with Crippen molar-refractivity contribution in [2.45, 2.75) is 51.1 Å². The molecule has 1 aromatic heterocycles. The predicted octanol–water partition coefficient (Wildman–Crippen LogP) is 3.02. The van der Waals surface area contributed by atoms with Crippen molar-refractivity contribution in [2.24, 2.45) is 0 Å². The van der Waals surface area contributed by atoms with Gasteiger partial charge in [-0.25, -0.2) is 9.97 Å². The lowest BCUT2D eigenvalue weighted by Crippen LogP contribution is -2.49. The van der Waals surface area contributed by atoms with Gasteiger partial charge in [-0.15, -0.1) is 0 Å². The molecule has 0 bridgehead atoms. The van der Waals surface area contributed by atoms with Gasteiger partial charge in [0.2, 0.25) is 5.91 Å². The van der Waals surface area contributed by atoms with E-state index in [0.29, 0.717) is 30.8 Å². The summed E-state index contributed by atoms with van der Waals surface area (Å²) in [5, 5.41) is 0. The topological polar surface area (TPSA) is 49.3 Å². The van der Waals surface area contributed by atoms with Crippen molar-refractivity contribution in [1.29, 1.82) is 0 Å². The molecule has 1 aromatic carbocycles. The molecule has 0 radical (unpaired) electrons. The molecule has 5 nitrogen and oxygen atoms in total. The normalized spacial score (nSPS) is 21.7. The smallest absolute Gasteiger partial charge is 0.222 e. The third-order valence-electron chi connectivity index (χ3n) is 5.70. The van der Waals surface area contributed by atoms with E-state index in [1.807, 2.05) is 0 Å². The average molecular weight is 350 g/mol. The number of piperidine rings is 1. The first-order valence-corrected chi connectivity index (χ1v) is 9.54. The molecule has 0 spiro atoms. The summed E-state index contributed by atoms with van der Waals surface area (Å²) >= 11 is 0. The van der Waals surface area contributed by atoms with Crippen molar-refractivity contribution in [3.05, 3.63) is 54.1 Å². The largest absolute Gasteiger partial charge is 0.365 e. The zero-order chi connectivity index (χ0) is 18.1. The van der Waals surface area contributed by atoms with Gasteiger partial charge in [-0.05, 0) is 43.9 Å². The molecule has 1 fully saturated rings. The predicted molar refractivity (Wildman–Crippen MR) is 102 cm³/mol. The third-order valence-corrected chi connectivity index (χ3v) is 5.70. The van der Waals surface area contributed by atoms with E-state index >= 15 is 0 Å². The van der Waals surface area contributed by atoms with Gasteiger partial charge in [-0.3, -0.25) is 4.79 Å². The van der Waals surface area contributed by atoms with Gasteiger partial charge in [-0.2, -0.15) is 0 Å². The highest BCUT2D eigenvalue weighted by Crippen LogP contribution is 2.45. The first-order chi connectivity index (χ1) is 12.6. The van der Waals surface area contributed by atoms with Crippen LogP contribution in [0.2, 0.25) is 0 Å². The van der Waals surface area contributed by atoms with Gasteiger partial charge < -0.3 is 9.80 Å². The number of para-hydroxylation sites is 1. The van der Waals surface area contributed by atoms with Crippen molar-refractivity contribution in [3.8, 4) is 0 Å². The number of rotatable bonds is 4. The molecule has 2 atom stereocenters. The minimum atomic E-state index is 0.243. The second-order valence-electron chi connectivity index (χ2n) is 7.61. The van der Waals surface area contributed by atoms with E-state index in [1.54, 1.807) is 12.4 Å². The molecule has 0 N–H and O–H groups in total. The standard InChI is InChI=1S/C21H26N4O/c1-15(2)25-19-6-4-3-5-17(19)18-13-24(10-9-20(18)25)21(26)8-7-16-11-22-14-23-12-16/h3-6,11-12,14-15,18,20H,7-10,13H2,1-2H3/t18-,20-/m0/s1. The third kappa shape index (κ3) is 3.06. The van der Waals surface area contributed by atoms with Crippen LogP contribution in [0.25, 0.3) is 0 Å². The van der Waals surface area contributed by atoms with E-state index in [4.69, 9.17) is 0 Å². The number of hydrogen-bond acceptors (Lipinski definition) is 4. The van der Waals surface area contributed by atoms with E-state index in [2.05, 4.69) is 57.9 Å². The molecule has 136 valence electrons. The van der Waals surface area contributed by atoms with Gasteiger partial charge in [0.15, 0.2) is 0 Å². The summed E-state index contributed by atoms with van der Waals surface area (Å²) in [6.45, 7) is 6.20. The number of aromatic nitrogens is 2. The number of fused-ring (bicyclic) bond motifs is 3. The maximum absolute atomic E-state index is 12.8. The highest BCUT2D eigenvalue weighted by Gasteiger charge is 2.43. The van der Waals surface area contributed by atoms with Crippen molar-refractivity contribution >= 4 is 11.6 Å². The van der Waals surface area contributed by atoms with Crippen molar-refractivity contribution in [3.63, 3.8) is 0 Å². The lowest BCUT2D eigenvalue weighted by molar-refractivity contribution is -0.132. The molecule has 26 heavy (non-hydrogen) atoms. The van der Waals surface area contributed by atoms with E-state index in [0.717, 1.165) is 25.1 Å². The summed E-state index contributed by atoms with van der Waals surface area (Å²) in [7, 11) is 0. The Morgan fingerprint density at radius 2 is 2.00 bits per heavy atom. The highest BCUT2D eigenvalue weighted by molar-refractivity contribution is 5.77. The van der Waals surface area contributed by atoms with Crippen LogP contribution in [0.15, 0.2) is 43.0 Å². The monoisotopic (exact) mass is 350 g/mol. The Balaban J connectivity index is 1.46. The Kier molecular flexibility index (Phi) is 4.62. The fraction of sp³-hybridized carbons (Fsp3) is 0.476. The Labute approximate surface area is 155 Å². The number of anilines is 1. The van der Waals surface area contributed by atoms with E-state index < -0.39 is 0 Å². The van der Waals surface area contributed by atoms with Crippen molar-refractivity contribution < 1.29 is 4.79 Å². The lowest BCUT2D eigenvalue weighted by Gasteiger charge is -2.40. The van der Waals surface area contributed by atoms with Crippen molar-refractivity contribution in [1.82, 2.24) is 14.9 Å². The molecule has 0 saturated carbocycles. The van der Waals surface area contributed by atoms with Crippen LogP contribution < -0.4 is 4.90 Å². The van der Waals surface area contributed by atoms with Crippen LogP contribution in [0.5, 0.6) is 0 Å². The number of benzene rings is 1. The number of aryl methyl sites for hydroxylation is 1. The quantitative estimate of drug-likeness (QED) is 0.850. The van der Waals surface area contributed by atoms with Crippen LogP contribution in [0.4, 0.5) is 5.69 Å². The van der Waals surface area contributed by atoms with Crippen LogP contribution in [0, 0.1) is 0 Å². The number of carbonyl (C=O) groups excluding carboxylic acids is 1. The second-order valence-corrected chi connectivity index (χ2v) is 7.61. The van der Waals surface area contributed by atoms with Gasteiger partial charge in [0.1, 0.15) is 6.33 Å². The number of carbonyl (C=O) groups is 1. The lowest BCUT2D eigenvalue weighted by atomic mass is 9.88. The number of nitrogens with zero attached hydrogens (tertiary/aromatic N) is 4. The van der Waals surface area contributed by atoms with Gasteiger partial charge >= 0.3 is 0 Å². The SMILES string of the molecule is CC(C)N1c2ccccc2[C@@H]2CN(C(=O)CCc3cncnc3)CC[C@@H]21. The molecule has 1 saturated heterocycles. The van der Waals surface area contributed by atoms with E-state index in [1.165, 1.54) is 17.6 Å². The molecule has 1 amide bonds. The molecule has 2 aromatic rings. The Morgan fingerprint density at radius 3 is 2.77 bits per heavy atom. The Hall–Kier alpha value is -2.43. The van der Waals surface area contributed by atoms with E-state index in [9.17, 15) is 4.79 Å². The number of likely N-dealkylation sites (tertiary alicyclic amines) is 1. The summed E-state index contributed by atoms with van der Waals surface area (Å²) in [6.07, 6.45) is 7.38. The molecule has 5 heteroatoms. The fourth-order valence-corrected chi connectivity index (χ4v) is 4.55.